The number of benzene rings is 2. The van der Waals surface area contributed by atoms with Gasteiger partial charge in [0.2, 0.25) is 0 Å². The molecule has 0 saturated carbocycles. The average molecular weight is 385 g/mol. The number of para-hydroxylation sites is 1. The number of anilines is 1. The molecule has 0 bridgehead atoms. The third kappa shape index (κ3) is 3.52. The number of halogens is 1. The summed E-state index contributed by atoms with van der Waals surface area (Å²) in [7, 11) is 0. The quantitative estimate of drug-likeness (QED) is 0.764. The summed E-state index contributed by atoms with van der Waals surface area (Å²) in [5.74, 6) is 0. The Labute approximate surface area is 153 Å². The fourth-order valence-electron chi connectivity index (χ4n) is 4.14. The Morgan fingerprint density at radius 1 is 0.917 bits per heavy atom. The topological polar surface area (TPSA) is 6.48 Å². The van der Waals surface area contributed by atoms with Gasteiger partial charge in [-0.2, -0.15) is 0 Å². The van der Waals surface area contributed by atoms with Gasteiger partial charge in [0, 0.05) is 42.4 Å². The Morgan fingerprint density at radius 2 is 1.67 bits per heavy atom. The summed E-state index contributed by atoms with van der Waals surface area (Å²) < 4.78 is 1.16. The zero-order valence-corrected chi connectivity index (χ0v) is 15.7. The van der Waals surface area contributed by atoms with Gasteiger partial charge in [0.1, 0.15) is 0 Å². The van der Waals surface area contributed by atoms with Crippen LogP contribution in [0.2, 0.25) is 0 Å². The first-order valence-electron chi connectivity index (χ1n) is 9.11. The van der Waals surface area contributed by atoms with Crippen molar-refractivity contribution in [2.24, 2.45) is 0 Å². The Hall–Kier alpha value is -1.32. The number of nitrogens with zero attached hydrogens (tertiary/aromatic N) is 2. The molecule has 0 radical (unpaired) electrons. The van der Waals surface area contributed by atoms with Crippen molar-refractivity contribution in [3.8, 4) is 0 Å². The smallest absolute Gasteiger partial charge is 0.0402 e. The van der Waals surface area contributed by atoms with E-state index in [1.807, 2.05) is 0 Å². The van der Waals surface area contributed by atoms with Gasteiger partial charge >= 0.3 is 0 Å². The molecule has 0 aliphatic carbocycles. The van der Waals surface area contributed by atoms with Crippen molar-refractivity contribution in [1.29, 1.82) is 0 Å². The molecular formula is C21H25BrN2. The first-order valence-corrected chi connectivity index (χ1v) is 9.90. The van der Waals surface area contributed by atoms with E-state index in [0.29, 0.717) is 0 Å². The van der Waals surface area contributed by atoms with Crippen molar-refractivity contribution < 1.29 is 0 Å². The molecule has 0 unspecified atom stereocenters. The molecule has 1 fully saturated rings. The average Bonchev–Trinajstić information content (AvgIpc) is 3.06. The molecule has 4 rings (SSSR count). The number of rotatable bonds is 4. The molecule has 2 nitrogen and oxygen atoms in total. The zero-order chi connectivity index (χ0) is 16.4. The van der Waals surface area contributed by atoms with Crippen molar-refractivity contribution in [2.45, 2.75) is 31.7 Å². The normalized spacial score (nSPS) is 18.8. The van der Waals surface area contributed by atoms with Crippen LogP contribution >= 0.6 is 15.9 Å². The molecule has 2 aromatic carbocycles. The second-order valence-corrected chi connectivity index (χ2v) is 7.94. The van der Waals surface area contributed by atoms with Crippen LogP contribution in [-0.2, 0) is 12.8 Å². The highest BCUT2D eigenvalue weighted by molar-refractivity contribution is 9.10. The number of fused-ring (bicyclic) bond motifs is 1. The summed E-state index contributed by atoms with van der Waals surface area (Å²) in [4.78, 5) is 5.31. The highest BCUT2D eigenvalue weighted by Gasteiger charge is 2.28. The molecule has 0 spiro atoms. The largest absolute Gasteiger partial charge is 0.368 e. The fourth-order valence-corrected chi connectivity index (χ4v) is 4.40. The van der Waals surface area contributed by atoms with Gasteiger partial charge in [-0.1, -0.05) is 46.3 Å². The van der Waals surface area contributed by atoms with Crippen molar-refractivity contribution in [3.05, 3.63) is 64.1 Å². The predicted molar refractivity (Wildman–Crippen MR) is 105 cm³/mol. The van der Waals surface area contributed by atoms with Crippen molar-refractivity contribution in [3.63, 3.8) is 0 Å². The van der Waals surface area contributed by atoms with Crippen molar-refractivity contribution >= 4 is 21.6 Å². The number of piperidine rings is 1. The van der Waals surface area contributed by atoms with E-state index in [2.05, 4.69) is 74.3 Å². The van der Waals surface area contributed by atoms with Gasteiger partial charge in [0.05, 0.1) is 0 Å². The van der Waals surface area contributed by atoms with E-state index in [1.165, 1.54) is 62.3 Å². The van der Waals surface area contributed by atoms with Gasteiger partial charge in [-0.25, -0.2) is 0 Å². The van der Waals surface area contributed by atoms with Crippen LogP contribution in [0.5, 0.6) is 0 Å². The molecule has 2 heterocycles. The molecule has 126 valence electrons. The van der Waals surface area contributed by atoms with Crippen LogP contribution in [-0.4, -0.2) is 37.1 Å². The summed E-state index contributed by atoms with van der Waals surface area (Å²) in [6.45, 7) is 4.87. The molecule has 1 saturated heterocycles. The van der Waals surface area contributed by atoms with Gasteiger partial charge in [-0.3, -0.25) is 0 Å². The number of hydrogen-bond acceptors (Lipinski definition) is 2. The third-order valence-corrected chi connectivity index (χ3v) is 6.08. The Morgan fingerprint density at radius 3 is 2.46 bits per heavy atom. The van der Waals surface area contributed by atoms with E-state index < -0.39 is 0 Å². The lowest BCUT2D eigenvalue weighted by Crippen LogP contribution is -2.44. The third-order valence-electron chi connectivity index (χ3n) is 5.55. The van der Waals surface area contributed by atoms with Crippen molar-refractivity contribution in [1.82, 2.24) is 4.90 Å². The van der Waals surface area contributed by atoms with E-state index in [9.17, 15) is 0 Å². The maximum Gasteiger partial charge on any atom is 0.0402 e. The van der Waals surface area contributed by atoms with E-state index in [1.54, 1.807) is 0 Å². The van der Waals surface area contributed by atoms with Crippen LogP contribution < -0.4 is 4.90 Å². The molecule has 3 heteroatoms. The van der Waals surface area contributed by atoms with Gasteiger partial charge in [0.25, 0.3) is 0 Å². The molecule has 2 aliphatic heterocycles. The lowest BCUT2D eigenvalue weighted by Gasteiger charge is -2.38. The number of likely N-dealkylation sites (tertiary alicyclic amines) is 1. The van der Waals surface area contributed by atoms with Gasteiger partial charge in [-0.05, 0) is 55.0 Å². The second kappa shape index (κ2) is 7.28. The fraction of sp³-hybridized carbons (Fsp3) is 0.429. The monoisotopic (exact) mass is 384 g/mol. The Bertz CT molecular complexity index is 674. The number of hydrogen-bond donors (Lipinski definition) is 0. The minimum absolute atomic E-state index is 0.734. The maximum atomic E-state index is 3.51. The molecule has 0 aromatic heterocycles. The van der Waals surface area contributed by atoms with Crippen LogP contribution in [0.25, 0.3) is 0 Å². The van der Waals surface area contributed by atoms with E-state index in [0.717, 1.165) is 16.9 Å². The van der Waals surface area contributed by atoms with Gasteiger partial charge < -0.3 is 9.80 Å². The lowest BCUT2D eigenvalue weighted by atomic mass is 10.0. The second-order valence-electron chi connectivity index (χ2n) is 7.02. The molecule has 2 aromatic rings. The van der Waals surface area contributed by atoms with Gasteiger partial charge in [-0.15, -0.1) is 0 Å². The van der Waals surface area contributed by atoms with Crippen LogP contribution in [0.3, 0.4) is 0 Å². The lowest BCUT2D eigenvalue weighted by molar-refractivity contribution is 0.212. The van der Waals surface area contributed by atoms with Gasteiger partial charge in [0.15, 0.2) is 0 Å². The van der Waals surface area contributed by atoms with Crippen LogP contribution in [0.15, 0.2) is 53.0 Å². The van der Waals surface area contributed by atoms with E-state index in [4.69, 9.17) is 0 Å². The van der Waals surface area contributed by atoms with Crippen LogP contribution in [0.4, 0.5) is 5.69 Å². The minimum atomic E-state index is 0.734. The van der Waals surface area contributed by atoms with Crippen molar-refractivity contribution in [2.75, 3.05) is 31.1 Å². The van der Waals surface area contributed by atoms with E-state index in [-0.39, 0.29) is 0 Å². The minimum Gasteiger partial charge on any atom is -0.368 e. The maximum absolute atomic E-state index is 3.51. The van der Waals surface area contributed by atoms with Crippen LogP contribution in [0.1, 0.15) is 24.0 Å². The predicted octanol–water partition coefficient (Wildman–Crippen LogP) is 4.52. The zero-order valence-electron chi connectivity index (χ0n) is 14.1. The highest BCUT2D eigenvalue weighted by Crippen LogP contribution is 2.32. The Kier molecular flexibility index (Phi) is 4.91. The molecule has 0 atom stereocenters. The Balaban J connectivity index is 1.29. The SMILES string of the molecule is Brc1ccc(CCN2CCC(N3CCc4ccccc43)CC2)cc1. The molecular weight excluding hydrogens is 360 g/mol. The first kappa shape index (κ1) is 16.2. The summed E-state index contributed by atoms with van der Waals surface area (Å²) in [5, 5.41) is 0. The highest BCUT2D eigenvalue weighted by atomic mass is 79.9. The standard InChI is InChI=1S/C21H25BrN2/c22-19-7-5-17(6-8-19)9-13-23-14-11-20(12-15-23)24-16-10-18-3-1-2-4-21(18)24/h1-8,20H,9-16H2. The molecule has 24 heavy (non-hydrogen) atoms. The molecule has 0 N–H and O–H groups in total. The molecule has 2 aliphatic rings. The summed E-state index contributed by atoms with van der Waals surface area (Å²) >= 11 is 3.51. The van der Waals surface area contributed by atoms with E-state index >= 15 is 0 Å². The molecule has 0 amide bonds. The summed E-state index contributed by atoms with van der Waals surface area (Å²) in [6, 6.07) is 18.5. The summed E-state index contributed by atoms with van der Waals surface area (Å²) in [6.07, 6.45) is 4.98. The summed E-state index contributed by atoms with van der Waals surface area (Å²) in [5.41, 5.74) is 4.47. The first-order chi connectivity index (χ1) is 11.8. The van der Waals surface area contributed by atoms with Crippen LogP contribution in [0, 0.1) is 0 Å².